The number of hydrogen-bond acceptors (Lipinski definition) is 4. The average Bonchev–Trinajstić information content (AvgIpc) is 3.16. The highest BCUT2D eigenvalue weighted by molar-refractivity contribution is 5.87. The van der Waals surface area contributed by atoms with E-state index < -0.39 is 18.1 Å². The van der Waals surface area contributed by atoms with E-state index >= 15 is 0 Å². The van der Waals surface area contributed by atoms with Crippen LogP contribution in [0.25, 0.3) is 0 Å². The van der Waals surface area contributed by atoms with Gasteiger partial charge in [0.25, 0.3) is 5.91 Å². The summed E-state index contributed by atoms with van der Waals surface area (Å²) in [5.41, 5.74) is 0.474. The van der Waals surface area contributed by atoms with Gasteiger partial charge in [0.2, 0.25) is 0 Å². The Balaban J connectivity index is 1.84. The first-order valence-electron chi connectivity index (χ1n) is 9.30. The van der Waals surface area contributed by atoms with Crippen LogP contribution in [0.4, 0.5) is 0 Å². The summed E-state index contributed by atoms with van der Waals surface area (Å²) in [6.45, 7) is 0.459. The maximum Gasteiger partial charge on any atom is 0.326 e. The van der Waals surface area contributed by atoms with Gasteiger partial charge in [-0.25, -0.2) is 4.79 Å². The van der Waals surface area contributed by atoms with Crippen molar-refractivity contribution in [3.8, 4) is 11.8 Å². The first kappa shape index (κ1) is 18.2. The summed E-state index contributed by atoms with van der Waals surface area (Å²) in [6.07, 6.45) is 5.57. The molecule has 1 amide bonds. The summed E-state index contributed by atoms with van der Waals surface area (Å²) in [5, 5.41) is 18.5. The maximum atomic E-state index is 13.2. The standard InChI is InChI=1S/C20H24N2O4/c21-13-14-6-4-9-16(12-14)26-18(15-7-2-1-3-8-15)19(23)22-11-5-10-17(22)20(24)25/h4,6,9,12,15,17-18H,1-3,5,7-8,10-11H2,(H,24,25)/t17?,18-/m0/s1. The van der Waals surface area contributed by atoms with Crippen molar-refractivity contribution in [1.29, 1.82) is 5.26 Å². The molecule has 6 heteroatoms. The molecule has 2 fully saturated rings. The summed E-state index contributed by atoms with van der Waals surface area (Å²) in [6, 6.07) is 8.09. The van der Waals surface area contributed by atoms with E-state index in [2.05, 4.69) is 6.07 Å². The molecule has 1 saturated carbocycles. The molecule has 1 aliphatic heterocycles. The van der Waals surface area contributed by atoms with Crippen molar-refractivity contribution in [2.45, 2.75) is 57.1 Å². The van der Waals surface area contributed by atoms with Gasteiger partial charge in [-0.15, -0.1) is 0 Å². The van der Waals surface area contributed by atoms with E-state index in [4.69, 9.17) is 10.00 Å². The molecule has 0 bridgehead atoms. The van der Waals surface area contributed by atoms with Gasteiger partial charge in [0.15, 0.2) is 6.10 Å². The van der Waals surface area contributed by atoms with Gasteiger partial charge in [0, 0.05) is 12.5 Å². The molecule has 1 N–H and O–H groups in total. The Morgan fingerprint density at radius 2 is 1.96 bits per heavy atom. The van der Waals surface area contributed by atoms with Gasteiger partial charge in [-0.2, -0.15) is 5.26 Å². The predicted molar refractivity (Wildman–Crippen MR) is 94.5 cm³/mol. The third-order valence-electron chi connectivity index (χ3n) is 5.37. The first-order chi connectivity index (χ1) is 12.6. The summed E-state index contributed by atoms with van der Waals surface area (Å²) < 4.78 is 6.06. The van der Waals surface area contributed by atoms with Crippen LogP contribution in [0.5, 0.6) is 5.75 Å². The fourth-order valence-electron chi connectivity index (χ4n) is 4.02. The third-order valence-corrected chi connectivity index (χ3v) is 5.37. The fourth-order valence-corrected chi connectivity index (χ4v) is 4.02. The van der Waals surface area contributed by atoms with Crippen molar-refractivity contribution in [2.75, 3.05) is 6.54 Å². The maximum absolute atomic E-state index is 13.2. The normalized spacial score (nSPS) is 21.8. The van der Waals surface area contributed by atoms with Crippen molar-refractivity contribution in [3.05, 3.63) is 29.8 Å². The topological polar surface area (TPSA) is 90.6 Å². The van der Waals surface area contributed by atoms with E-state index in [1.54, 1.807) is 24.3 Å². The van der Waals surface area contributed by atoms with Gasteiger partial charge >= 0.3 is 5.97 Å². The van der Waals surface area contributed by atoms with Gasteiger partial charge in [-0.1, -0.05) is 25.3 Å². The number of amides is 1. The second-order valence-electron chi connectivity index (χ2n) is 7.10. The SMILES string of the molecule is N#Cc1cccc(O[C@H](C(=O)N2CCCC2C(=O)O)C2CCCCC2)c1. The highest BCUT2D eigenvalue weighted by Gasteiger charge is 2.41. The van der Waals surface area contributed by atoms with Gasteiger partial charge in [-0.05, 0) is 43.9 Å². The number of aliphatic carboxylic acids is 1. The molecule has 1 saturated heterocycles. The zero-order valence-electron chi connectivity index (χ0n) is 14.8. The van der Waals surface area contributed by atoms with Crippen molar-refractivity contribution < 1.29 is 19.4 Å². The predicted octanol–water partition coefficient (Wildman–Crippen LogP) is 2.96. The number of nitriles is 1. The minimum absolute atomic E-state index is 0.0806. The highest BCUT2D eigenvalue weighted by Crippen LogP contribution is 2.32. The highest BCUT2D eigenvalue weighted by atomic mass is 16.5. The van der Waals surface area contributed by atoms with Crippen LogP contribution >= 0.6 is 0 Å². The van der Waals surface area contributed by atoms with E-state index in [1.807, 2.05) is 0 Å². The van der Waals surface area contributed by atoms with Crippen molar-refractivity contribution >= 4 is 11.9 Å². The number of carboxylic acids is 1. The van der Waals surface area contributed by atoms with Crippen LogP contribution < -0.4 is 4.74 Å². The number of ether oxygens (including phenoxy) is 1. The van der Waals surface area contributed by atoms with Crippen LogP contribution in [-0.2, 0) is 9.59 Å². The van der Waals surface area contributed by atoms with E-state index in [0.717, 1.165) is 32.1 Å². The van der Waals surface area contributed by atoms with E-state index in [9.17, 15) is 14.7 Å². The number of rotatable bonds is 5. The van der Waals surface area contributed by atoms with Crippen LogP contribution in [0.1, 0.15) is 50.5 Å². The van der Waals surface area contributed by atoms with Crippen LogP contribution in [0.15, 0.2) is 24.3 Å². The number of carbonyl (C=O) groups is 2. The lowest BCUT2D eigenvalue weighted by atomic mass is 9.84. The average molecular weight is 356 g/mol. The number of nitrogens with zero attached hydrogens (tertiary/aromatic N) is 2. The van der Waals surface area contributed by atoms with Crippen LogP contribution in [0.3, 0.4) is 0 Å². The van der Waals surface area contributed by atoms with Gasteiger partial charge in [0.05, 0.1) is 11.6 Å². The zero-order valence-corrected chi connectivity index (χ0v) is 14.8. The summed E-state index contributed by atoms with van der Waals surface area (Å²) in [5.74, 6) is -0.620. The molecule has 1 unspecified atom stereocenters. The molecule has 138 valence electrons. The Morgan fingerprint density at radius 3 is 2.65 bits per heavy atom. The van der Waals surface area contributed by atoms with Gasteiger partial charge < -0.3 is 14.7 Å². The Labute approximate surface area is 153 Å². The molecule has 1 heterocycles. The molecule has 1 aromatic carbocycles. The zero-order chi connectivity index (χ0) is 18.5. The van der Waals surface area contributed by atoms with Crippen LogP contribution in [0.2, 0.25) is 0 Å². The van der Waals surface area contributed by atoms with Crippen molar-refractivity contribution in [1.82, 2.24) is 4.90 Å². The van der Waals surface area contributed by atoms with E-state index in [1.165, 1.54) is 4.90 Å². The minimum Gasteiger partial charge on any atom is -0.480 e. The Hall–Kier alpha value is -2.55. The summed E-state index contributed by atoms with van der Waals surface area (Å²) in [7, 11) is 0. The Bertz CT molecular complexity index is 706. The monoisotopic (exact) mass is 356 g/mol. The molecular formula is C20H24N2O4. The molecule has 3 rings (SSSR count). The Morgan fingerprint density at radius 1 is 1.19 bits per heavy atom. The lowest BCUT2D eigenvalue weighted by molar-refractivity contribution is -0.153. The van der Waals surface area contributed by atoms with E-state index in [-0.39, 0.29) is 11.8 Å². The van der Waals surface area contributed by atoms with Gasteiger partial charge in [0.1, 0.15) is 11.8 Å². The fraction of sp³-hybridized carbons (Fsp3) is 0.550. The number of carbonyl (C=O) groups excluding carboxylic acids is 1. The summed E-state index contributed by atoms with van der Waals surface area (Å²) in [4.78, 5) is 26.1. The second-order valence-corrected chi connectivity index (χ2v) is 7.10. The first-order valence-corrected chi connectivity index (χ1v) is 9.30. The van der Waals surface area contributed by atoms with Crippen LogP contribution in [0, 0.1) is 17.2 Å². The largest absolute Gasteiger partial charge is 0.480 e. The molecule has 6 nitrogen and oxygen atoms in total. The quantitative estimate of drug-likeness (QED) is 0.876. The van der Waals surface area contributed by atoms with Gasteiger partial charge in [-0.3, -0.25) is 4.79 Å². The molecule has 26 heavy (non-hydrogen) atoms. The van der Waals surface area contributed by atoms with E-state index in [0.29, 0.717) is 30.7 Å². The number of carboxylic acid groups (broad SMARTS) is 1. The molecule has 1 aliphatic carbocycles. The minimum atomic E-state index is -0.954. The molecule has 0 radical (unpaired) electrons. The molecule has 1 aromatic rings. The second kappa shape index (κ2) is 8.22. The number of likely N-dealkylation sites (tertiary alicyclic amines) is 1. The molecular weight excluding hydrogens is 332 g/mol. The lowest BCUT2D eigenvalue weighted by Crippen LogP contribution is -2.50. The Kier molecular flexibility index (Phi) is 5.77. The number of benzene rings is 1. The molecule has 2 atom stereocenters. The smallest absolute Gasteiger partial charge is 0.326 e. The molecule has 0 aromatic heterocycles. The van der Waals surface area contributed by atoms with Crippen molar-refractivity contribution in [3.63, 3.8) is 0 Å². The summed E-state index contributed by atoms with van der Waals surface area (Å²) >= 11 is 0. The van der Waals surface area contributed by atoms with Crippen LogP contribution in [-0.4, -0.2) is 40.6 Å². The van der Waals surface area contributed by atoms with Crippen molar-refractivity contribution in [2.24, 2.45) is 5.92 Å². The third kappa shape index (κ3) is 3.98. The number of hydrogen-bond donors (Lipinski definition) is 1. The lowest BCUT2D eigenvalue weighted by Gasteiger charge is -2.33. The molecule has 2 aliphatic rings. The molecule has 0 spiro atoms.